The summed E-state index contributed by atoms with van der Waals surface area (Å²) in [5.74, 6) is -0.785. The maximum Gasteiger partial charge on any atom is 0.351 e. The lowest BCUT2D eigenvalue weighted by Gasteiger charge is -2.23. The van der Waals surface area contributed by atoms with Crippen molar-refractivity contribution in [3.05, 3.63) is 36.0 Å². The lowest BCUT2D eigenvalue weighted by Crippen LogP contribution is -2.15. The number of nitrogens with two attached hydrogens (primary N) is 1. The SMILES string of the molecule is CCOP(=O)(OCC)[C@H](N)c1cccc2[nH]ccc12. The largest absolute Gasteiger partial charge is 0.361 e. The van der Waals surface area contributed by atoms with Crippen molar-refractivity contribution in [1.29, 1.82) is 0 Å². The van der Waals surface area contributed by atoms with Gasteiger partial charge in [0.15, 0.2) is 0 Å². The van der Waals surface area contributed by atoms with Gasteiger partial charge in [-0.3, -0.25) is 4.57 Å². The molecule has 5 nitrogen and oxygen atoms in total. The highest BCUT2D eigenvalue weighted by atomic mass is 31.2. The summed E-state index contributed by atoms with van der Waals surface area (Å²) in [4.78, 5) is 3.10. The Hall–Kier alpha value is -1.13. The number of hydrogen-bond acceptors (Lipinski definition) is 4. The zero-order chi connectivity index (χ0) is 13.9. The summed E-state index contributed by atoms with van der Waals surface area (Å²) >= 11 is 0. The Balaban J connectivity index is 2.44. The van der Waals surface area contributed by atoms with Crippen molar-refractivity contribution in [2.75, 3.05) is 13.2 Å². The molecule has 19 heavy (non-hydrogen) atoms. The standard InChI is InChI=1S/C13H19N2O3P/c1-3-17-19(16,18-4-2)13(14)11-6-5-7-12-10(11)8-9-15-12/h5-9,13,15H,3-4,14H2,1-2H3/t13-/m0/s1. The molecule has 0 aliphatic rings. The van der Waals surface area contributed by atoms with Crippen LogP contribution in [0.25, 0.3) is 10.9 Å². The van der Waals surface area contributed by atoms with Crippen molar-refractivity contribution >= 4 is 18.5 Å². The fourth-order valence-electron chi connectivity index (χ4n) is 2.10. The second kappa shape index (κ2) is 5.88. The molecule has 0 spiro atoms. The zero-order valence-electron chi connectivity index (χ0n) is 11.1. The average molecular weight is 282 g/mol. The molecular formula is C13H19N2O3P. The van der Waals surface area contributed by atoms with Crippen LogP contribution in [0.5, 0.6) is 0 Å². The minimum Gasteiger partial charge on any atom is -0.361 e. The van der Waals surface area contributed by atoms with E-state index in [0.29, 0.717) is 13.2 Å². The molecule has 3 N–H and O–H groups in total. The van der Waals surface area contributed by atoms with Gasteiger partial charge in [-0.2, -0.15) is 0 Å². The van der Waals surface area contributed by atoms with Crippen LogP contribution in [0.3, 0.4) is 0 Å². The van der Waals surface area contributed by atoms with Crippen molar-refractivity contribution in [3.63, 3.8) is 0 Å². The summed E-state index contributed by atoms with van der Waals surface area (Å²) in [6, 6.07) is 7.58. The van der Waals surface area contributed by atoms with Gasteiger partial charge in [0.1, 0.15) is 5.78 Å². The van der Waals surface area contributed by atoms with E-state index in [2.05, 4.69) is 4.98 Å². The van der Waals surface area contributed by atoms with E-state index in [1.165, 1.54) is 0 Å². The molecule has 1 heterocycles. The molecule has 1 aromatic carbocycles. The van der Waals surface area contributed by atoms with Gasteiger partial charge >= 0.3 is 7.60 Å². The van der Waals surface area contributed by atoms with Crippen LogP contribution in [0.1, 0.15) is 25.2 Å². The Labute approximate surface area is 112 Å². The molecule has 0 unspecified atom stereocenters. The number of fused-ring (bicyclic) bond motifs is 1. The number of aromatic amines is 1. The quantitative estimate of drug-likeness (QED) is 0.796. The van der Waals surface area contributed by atoms with Crippen molar-refractivity contribution in [2.45, 2.75) is 19.6 Å². The van der Waals surface area contributed by atoms with Crippen molar-refractivity contribution in [1.82, 2.24) is 4.98 Å². The average Bonchev–Trinajstić information content (AvgIpc) is 2.86. The predicted molar refractivity (Wildman–Crippen MR) is 76.1 cm³/mol. The highest BCUT2D eigenvalue weighted by molar-refractivity contribution is 7.54. The minimum atomic E-state index is -3.35. The summed E-state index contributed by atoms with van der Waals surface area (Å²) in [7, 11) is -3.35. The van der Waals surface area contributed by atoms with Crippen LogP contribution in [-0.4, -0.2) is 18.2 Å². The van der Waals surface area contributed by atoms with E-state index in [1.807, 2.05) is 30.5 Å². The van der Waals surface area contributed by atoms with Crippen LogP contribution < -0.4 is 5.73 Å². The lowest BCUT2D eigenvalue weighted by molar-refractivity contribution is 0.212. The normalized spacial score (nSPS) is 13.8. The molecule has 0 aliphatic carbocycles. The Bertz CT molecular complexity index is 586. The third kappa shape index (κ3) is 2.74. The Morgan fingerprint density at radius 1 is 1.26 bits per heavy atom. The van der Waals surface area contributed by atoms with Gasteiger partial charge in [0, 0.05) is 17.1 Å². The summed E-state index contributed by atoms with van der Waals surface area (Å²) in [6.45, 7) is 4.15. The van der Waals surface area contributed by atoms with E-state index >= 15 is 0 Å². The first-order valence-electron chi connectivity index (χ1n) is 6.32. The number of benzene rings is 1. The summed E-state index contributed by atoms with van der Waals surface area (Å²) in [5, 5.41) is 0.939. The summed E-state index contributed by atoms with van der Waals surface area (Å²) in [6.07, 6.45) is 1.83. The molecule has 0 aliphatic heterocycles. The van der Waals surface area contributed by atoms with Crippen molar-refractivity contribution in [3.8, 4) is 0 Å². The van der Waals surface area contributed by atoms with Gasteiger partial charge in [-0.1, -0.05) is 12.1 Å². The first-order chi connectivity index (χ1) is 9.12. The van der Waals surface area contributed by atoms with Crippen LogP contribution in [0.15, 0.2) is 30.5 Å². The van der Waals surface area contributed by atoms with Crippen LogP contribution >= 0.6 is 7.60 Å². The molecule has 1 aromatic heterocycles. The van der Waals surface area contributed by atoms with Gasteiger partial charge in [0.25, 0.3) is 0 Å². The fourth-order valence-corrected chi connectivity index (χ4v) is 3.78. The van der Waals surface area contributed by atoms with E-state index < -0.39 is 13.4 Å². The Morgan fingerprint density at radius 2 is 1.95 bits per heavy atom. The molecule has 0 bridgehead atoms. The third-order valence-corrected chi connectivity index (χ3v) is 5.10. The summed E-state index contributed by atoms with van der Waals surface area (Å²) < 4.78 is 23.3. The van der Waals surface area contributed by atoms with Gasteiger partial charge in [-0.25, -0.2) is 0 Å². The van der Waals surface area contributed by atoms with Crippen molar-refractivity contribution < 1.29 is 13.6 Å². The first kappa shape index (κ1) is 14.3. The third-order valence-electron chi connectivity index (χ3n) is 2.91. The smallest absolute Gasteiger partial charge is 0.351 e. The molecule has 2 rings (SSSR count). The number of aromatic nitrogens is 1. The van der Waals surface area contributed by atoms with Crippen LogP contribution in [0.2, 0.25) is 0 Å². The van der Waals surface area contributed by atoms with Crippen molar-refractivity contribution in [2.24, 2.45) is 5.73 Å². The van der Waals surface area contributed by atoms with E-state index in [1.54, 1.807) is 13.8 Å². The minimum absolute atomic E-state index is 0.300. The second-order valence-electron chi connectivity index (χ2n) is 4.11. The fraction of sp³-hybridized carbons (Fsp3) is 0.385. The zero-order valence-corrected chi connectivity index (χ0v) is 12.0. The molecule has 0 saturated carbocycles. The summed E-state index contributed by atoms with van der Waals surface area (Å²) in [5.41, 5.74) is 7.86. The van der Waals surface area contributed by atoms with Crippen LogP contribution in [-0.2, 0) is 13.6 Å². The molecule has 1 atom stereocenters. The molecule has 0 radical (unpaired) electrons. The van der Waals surface area contributed by atoms with E-state index in [-0.39, 0.29) is 0 Å². The Morgan fingerprint density at radius 3 is 2.58 bits per heavy atom. The maximum absolute atomic E-state index is 12.7. The first-order valence-corrected chi connectivity index (χ1v) is 7.94. The maximum atomic E-state index is 12.7. The van der Waals surface area contributed by atoms with Gasteiger partial charge in [0.2, 0.25) is 0 Å². The number of H-pyrrole nitrogens is 1. The van der Waals surface area contributed by atoms with E-state index in [4.69, 9.17) is 14.8 Å². The topological polar surface area (TPSA) is 77.3 Å². The molecular weight excluding hydrogens is 263 g/mol. The number of nitrogens with one attached hydrogen (secondary N) is 1. The number of rotatable bonds is 6. The highest BCUT2D eigenvalue weighted by Crippen LogP contribution is 2.58. The van der Waals surface area contributed by atoms with Gasteiger partial charge in [-0.05, 0) is 31.5 Å². The molecule has 104 valence electrons. The second-order valence-corrected chi connectivity index (χ2v) is 6.26. The van der Waals surface area contributed by atoms with Crippen LogP contribution in [0.4, 0.5) is 0 Å². The highest BCUT2D eigenvalue weighted by Gasteiger charge is 2.34. The van der Waals surface area contributed by atoms with Gasteiger partial charge < -0.3 is 19.8 Å². The Kier molecular flexibility index (Phi) is 4.42. The number of hydrogen-bond donors (Lipinski definition) is 2. The molecule has 0 saturated heterocycles. The van der Waals surface area contributed by atoms with E-state index in [9.17, 15) is 4.57 Å². The van der Waals surface area contributed by atoms with Gasteiger partial charge in [-0.15, -0.1) is 0 Å². The molecule has 6 heteroatoms. The lowest BCUT2D eigenvalue weighted by atomic mass is 10.1. The van der Waals surface area contributed by atoms with Gasteiger partial charge in [0.05, 0.1) is 13.2 Å². The molecule has 0 amide bonds. The molecule has 0 fully saturated rings. The molecule has 2 aromatic rings. The predicted octanol–water partition coefficient (Wildman–Crippen LogP) is 3.39. The van der Waals surface area contributed by atoms with E-state index in [0.717, 1.165) is 16.5 Å². The monoisotopic (exact) mass is 282 g/mol. The van der Waals surface area contributed by atoms with Crippen LogP contribution in [0, 0.1) is 0 Å².